The van der Waals surface area contributed by atoms with E-state index < -0.39 is 6.04 Å². The lowest BCUT2D eigenvalue weighted by atomic mass is 10.1. The van der Waals surface area contributed by atoms with E-state index in [0.29, 0.717) is 25.9 Å². The van der Waals surface area contributed by atoms with E-state index in [-0.39, 0.29) is 11.0 Å². The van der Waals surface area contributed by atoms with Gasteiger partial charge in [0.2, 0.25) is 6.04 Å². The maximum atomic E-state index is 11.1. The number of hydrogen-bond donors (Lipinski definition) is 1. The molecule has 0 radical (unpaired) electrons. The summed E-state index contributed by atoms with van der Waals surface area (Å²) in [5.74, 6) is 0. The molecule has 6 nitrogen and oxygen atoms in total. The van der Waals surface area contributed by atoms with Crippen LogP contribution in [0.1, 0.15) is 12.8 Å². The van der Waals surface area contributed by atoms with Gasteiger partial charge in [0.1, 0.15) is 0 Å². The van der Waals surface area contributed by atoms with Crippen molar-refractivity contribution in [3.05, 3.63) is 10.1 Å². The van der Waals surface area contributed by atoms with Crippen molar-refractivity contribution in [1.29, 1.82) is 0 Å². The van der Waals surface area contributed by atoms with E-state index in [1.54, 1.807) is 11.9 Å². The monoisotopic (exact) mass is 187 g/mol. The molecule has 1 heterocycles. The minimum absolute atomic E-state index is 0.151. The number of likely N-dealkylation sites (tertiary alicyclic amines) is 1. The molecular weight excluding hydrogens is 174 g/mol. The summed E-state index contributed by atoms with van der Waals surface area (Å²) in [5.41, 5.74) is 0. The molecule has 0 aromatic heterocycles. The van der Waals surface area contributed by atoms with E-state index in [2.05, 4.69) is 5.32 Å². The molecule has 0 aromatic carbocycles. The van der Waals surface area contributed by atoms with Gasteiger partial charge < -0.3 is 10.2 Å². The second-order valence-corrected chi connectivity index (χ2v) is 3.06. The average molecular weight is 187 g/mol. The summed E-state index contributed by atoms with van der Waals surface area (Å²) in [6.45, 7) is 0.955. The number of carbonyl (C=O) groups excluding carboxylic acids is 1. The molecule has 0 atom stereocenters. The topological polar surface area (TPSA) is 75.5 Å². The number of nitrogens with zero attached hydrogens (tertiary/aromatic N) is 2. The van der Waals surface area contributed by atoms with Crippen LogP contribution in [0.3, 0.4) is 0 Å². The molecule has 0 saturated carbocycles. The summed E-state index contributed by atoms with van der Waals surface area (Å²) in [5, 5.41) is 12.9. The highest BCUT2D eigenvalue weighted by molar-refractivity contribution is 5.73. The van der Waals surface area contributed by atoms with Gasteiger partial charge in [0, 0.05) is 37.9 Å². The summed E-state index contributed by atoms with van der Waals surface area (Å²) in [6, 6.07) is -0.622. The molecule has 0 bridgehead atoms. The Labute approximate surface area is 76.0 Å². The number of piperidine rings is 1. The zero-order chi connectivity index (χ0) is 9.84. The Morgan fingerprint density at radius 3 is 2.46 bits per heavy atom. The molecule has 0 spiro atoms. The molecule has 6 heteroatoms. The molecule has 1 aliphatic heterocycles. The van der Waals surface area contributed by atoms with Gasteiger partial charge in [0.15, 0.2) is 0 Å². The SMILES string of the molecule is CNC(=O)N1CCC([N+](=O)[O-])CC1. The lowest BCUT2D eigenvalue weighted by Crippen LogP contribution is -2.45. The van der Waals surface area contributed by atoms with Gasteiger partial charge >= 0.3 is 6.03 Å². The van der Waals surface area contributed by atoms with Gasteiger partial charge in [-0.25, -0.2) is 4.79 Å². The van der Waals surface area contributed by atoms with Crippen molar-refractivity contribution >= 4 is 6.03 Å². The zero-order valence-electron chi connectivity index (χ0n) is 7.52. The molecule has 13 heavy (non-hydrogen) atoms. The van der Waals surface area contributed by atoms with Crippen molar-refractivity contribution in [3.63, 3.8) is 0 Å². The number of nitro groups is 1. The van der Waals surface area contributed by atoms with Crippen molar-refractivity contribution in [1.82, 2.24) is 10.2 Å². The fraction of sp³-hybridized carbons (Fsp3) is 0.857. The second kappa shape index (κ2) is 4.06. The Morgan fingerprint density at radius 1 is 1.54 bits per heavy atom. The van der Waals surface area contributed by atoms with Gasteiger partial charge in [-0.15, -0.1) is 0 Å². The summed E-state index contributed by atoms with van der Waals surface area (Å²) >= 11 is 0. The van der Waals surface area contributed by atoms with Gasteiger partial charge in [-0.2, -0.15) is 0 Å². The number of urea groups is 1. The molecule has 0 aliphatic carbocycles. The Balaban J connectivity index is 2.39. The van der Waals surface area contributed by atoms with Crippen LogP contribution in [-0.2, 0) is 0 Å². The van der Waals surface area contributed by atoms with E-state index in [0.717, 1.165) is 0 Å². The molecular formula is C7H13N3O3. The Hall–Kier alpha value is -1.33. The average Bonchev–Trinajstić information content (AvgIpc) is 2.17. The summed E-state index contributed by atoms with van der Waals surface area (Å²) in [4.78, 5) is 22.8. The van der Waals surface area contributed by atoms with Crippen molar-refractivity contribution in [2.24, 2.45) is 0 Å². The van der Waals surface area contributed by atoms with Crippen LogP contribution in [0.4, 0.5) is 4.79 Å². The van der Waals surface area contributed by atoms with Crippen LogP contribution < -0.4 is 5.32 Å². The highest BCUT2D eigenvalue weighted by atomic mass is 16.6. The molecule has 74 valence electrons. The minimum Gasteiger partial charge on any atom is -0.341 e. The zero-order valence-corrected chi connectivity index (χ0v) is 7.52. The maximum Gasteiger partial charge on any atom is 0.317 e. The highest BCUT2D eigenvalue weighted by Gasteiger charge is 2.28. The molecule has 0 unspecified atom stereocenters. The molecule has 1 fully saturated rings. The van der Waals surface area contributed by atoms with Crippen LogP contribution in [0.5, 0.6) is 0 Å². The third-order valence-corrected chi connectivity index (χ3v) is 2.26. The third-order valence-electron chi connectivity index (χ3n) is 2.26. The van der Waals surface area contributed by atoms with Gasteiger partial charge in [-0.05, 0) is 0 Å². The van der Waals surface area contributed by atoms with E-state index in [1.807, 2.05) is 0 Å². The van der Waals surface area contributed by atoms with E-state index >= 15 is 0 Å². The summed E-state index contributed by atoms with van der Waals surface area (Å²) < 4.78 is 0. The fourth-order valence-corrected chi connectivity index (χ4v) is 1.44. The van der Waals surface area contributed by atoms with Crippen LogP contribution in [-0.4, -0.2) is 42.0 Å². The van der Waals surface area contributed by atoms with Crippen LogP contribution >= 0.6 is 0 Å². The Morgan fingerprint density at radius 2 is 2.08 bits per heavy atom. The minimum atomic E-state index is -0.471. The van der Waals surface area contributed by atoms with Crippen molar-refractivity contribution in [3.8, 4) is 0 Å². The molecule has 0 aromatic rings. The maximum absolute atomic E-state index is 11.1. The fourth-order valence-electron chi connectivity index (χ4n) is 1.44. The molecule has 1 N–H and O–H groups in total. The van der Waals surface area contributed by atoms with Crippen LogP contribution in [0.15, 0.2) is 0 Å². The molecule has 1 rings (SSSR count). The first-order valence-corrected chi connectivity index (χ1v) is 4.25. The summed E-state index contributed by atoms with van der Waals surface area (Å²) in [7, 11) is 1.56. The Bertz CT molecular complexity index is 211. The number of rotatable bonds is 1. The predicted molar refractivity (Wildman–Crippen MR) is 46.0 cm³/mol. The van der Waals surface area contributed by atoms with Crippen molar-refractivity contribution in [2.45, 2.75) is 18.9 Å². The van der Waals surface area contributed by atoms with Gasteiger partial charge in [0.25, 0.3) is 0 Å². The summed E-state index contributed by atoms with van der Waals surface area (Å²) in [6.07, 6.45) is 0.918. The first kappa shape index (κ1) is 9.76. The van der Waals surface area contributed by atoms with Gasteiger partial charge in [-0.3, -0.25) is 10.1 Å². The number of carbonyl (C=O) groups is 1. The lowest BCUT2D eigenvalue weighted by molar-refractivity contribution is -0.526. The van der Waals surface area contributed by atoms with Crippen molar-refractivity contribution < 1.29 is 9.72 Å². The number of hydrogen-bond acceptors (Lipinski definition) is 3. The van der Waals surface area contributed by atoms with Gasteiger partial charge in [0.05, 0.1) is 0 Å². The smallest absolute Gasteiger partial charge is 0.317 e. The van der Waals surface area contributed by atoms with Crippen LogP contribution in [0.25, 0.3) is 0 Å². The number of amides is 2. The first-order chi connectivity index (χ1) is 6.15. The normalized spacial score (nSPS) is 18.4. The van der Waals surface area contributed by atoms with Crippen LogP contribution in [0, 0.1) is 10.1 Å². The van der Waals surface area contributed by atoms with E-state index in [4.69, 9.17) is 0 Å². The first-order valence-electron chi connectivity index (χ1n) is 4.25. The molecule has 1 saturated heterocycles. The third kappa shape index (κ3) is 2.30. The molecule has 2 amide bonds. The lowest BCUT2D eigenvalue weighted by Gasteiger charge is -2.27. The highest BCUT2D eigenvalue weighted by Crippen LogP contribution is 2.12. The van der Waals surface area contributed by atoms with E-state index in [9.17, 15) is 14.9 Å². The molecule has 1 aliphatic rings. The largest absolute Gasteiger partial charge is 0.341 e. The predicted octanol–water partition coefficient (Wildman–Crippen LogP) is 0.0669. The Kier molecular flexibility index (Phi) is 3.05. The number of nitrogens with one attached hydrogen (secondary N) is 1. The van der Waals surface area contributed by atoms with E-state index in [1.165, 1.54) is 0 Å². The standard InChI is InChI=1S/C7H13N3O3/c1-8-7(11)9-4-2-6(3-5-9)10(12)13/h6H,2-5H2,1H3,(H,8,11). The van der Waals surface area contributed by atoms with Crippen LogP contribution in [0.2, 0.25) is 0 Å². The quantitative estimate of drug-likeness (QED) is 0.466. The second-order valence-electron chi connectivity index (χ2n) is 3.06. The van der Waals surface area contributed by atoms with Gasteiger partial charge in [-0.1, -0.05) is 0 Å². The van der Waals surface area contributed by atoms with Crippen molar-refractivity contribution in [2.75, 3.05) is 20.1 Å².